The van der Waals surface area contributed by atoms with Crippen molar-refractivity contribution >= 4 is 29.3 Å². The number of hydrogen-bond acceptors (Lipinski definition) is 9. The Kier molecular flexibility index (Phi) is 7.12. The number of benzene rings is 1. The van der Waals surface area contributed by atoms with E-state index in [1.807, 2.05) is 5.32 Å². The van der Waals surface area contributed by atoms with Gasteiger partial charge in [0.25, 0.3) is 5.91 Å². The van der Waals surface area contributed by atoms with Crippen molar-refractivity contribution in [1.82, 2.24) is 10.3 Å². The van der Waals surface area contributed by atoms with E-state index in [0.29, 0.717) is 16.5 Å². The molecular formula is C17H18N2O7S. The van der Waals surface area contributed by atoms with Crippen LogP contribution >= 0.6 is 11.3 Å². The fourth-order valence-corrected chi connectivity index (χ4v) is 2.78. The molecule has 0 unspecified atom stereocenters. The number of imide groups is 1. The van der Waals surface area contributed by atoms with Crippen LogP contribution in [0.3, 0.4) is 0 Å². The summed E-state index contributed by atoms with van der Waals surface area (Å²) < 4.78 is 19.8. The maximum absolute atomic E-state index is 12.0. The molecule has 2 aromatic rings. The van der Waals surface area contributed by atoms with Gasteiger partial charge in [0.15, 0.2) is 23.8 Å². The van der Waals surface area contributed by atoms with Gasteiger partial charge in [-0.1, -0.05) is 0 Å². The van der Waals surface area contributed by atoms with E-state index in [-0.39, 0.29) is 12.3 Å². The van der Waals surface area contributed by atoms with Gasteiger partial charge in [0, 0.05) is 10.9 Å². The van der Waals surface area contributed by atoms with E-state index in [2.05, 4.69) is 9.72 Å². The highest BCUT2D eigenvalue weighted by Crippen LogP contribution is 2.33. The maximum atomic E-state index is 12.0. The molecule has 1 aromatic heterocycles. The van der Waals surface area contributed by atoms with Gasteiger partial charge in [-0.05, 0) is 25.1 Å². The summed E-state index contributed by atoms with van der Waals surface area (Å²) in [6, 6.07) is 5.24. The van der Waals surface area contributed by atoms with Crippen molar-refractivity contribution in [2.24, 2.45) is 0 Å². The zero-order valence-corrected chi connectivity index (χ0v) is 15.8. The van der Waals surface area contributed by atoms with E-state index < -0.39 is 24.6 Å². The van der Waals surface area contributed by atoms with Crippen LogP contribution in [-0.4, -0.2) is 50.4 Å². The van der Waals surface area contributed by atoms with Crippen molar-refractivity contribution < 1.29 is 33.3 Å². The molecule has 0 saturated carbocycles. The lowest BCUT2D eigenvalue weighted by Crippen LogP contribution is -2.34. The van der Waals surface area contributed by atoms with Gasteiger partial charge in [-0.25, -0.2) is 14.6 Å². The summed E-state index contributed by atoms with van der Waals surface area (Å²) in [4.78, 5) is 38.8. The monoisotopic (exact) mass is 394 g/mol. The second-order valence-corrected chi connectivity index (χ2v) is 5.81. The van der Waals surface area contributed by atoms with Gasteiger partial charge in [-0.15, -0.1) is 11.3 Å². The zero-order chi connectivity index (χ0) is 19.8. The van der Waals surface area contributed by atoms with E-state index in [4.69, 9.17) is 14.2 Å². The number of carbonyl (C=O) groups excluding carboxylic acids is 3. The molecule has 0 fully saturated rings. The van der Waals surface area contributed by atoms with Gasteiger partial charge in [0.2, 0.25) is 0 Å². The summed E-state index contributed by atoms with van der Waals surface area (Å²) in [6.07, 6.45) is -0.900. The minimum Gasteiger partial charge on any atom is -0.493 e. The number of carbonyl (C=O) groups is 3. The van der Waals surface area contributed by atoms with Gasteiger partial charge in [-0.2, -0.15) is 0 Å². The number of nitrogens with one attached hydrogen (secondary N) is 1. The normalized spacial score (nSPS) is 10.0. The quantitative estimate of drug-likeness (QED) is 0.712. The fourth-order valence-electron chi connectivity index (χ4n) is 1.99. The lowest BCUT2D eigenvalue weighted by Gasteiger charge is -2.08. The standard InChI is InChI=1S/C17H18N2O7S/c1-4-25-17(22)19-14(20)8-26-16(21)11-9-27-15(18-11)10-5-6-12(23-2)13(7-10)24-3/h5-7,9H,4,8H2,1-3H3,(H,19,20,22). The number of methoxy groups -OCH3 is 2. The van der Waals surface area contributed by atoms with Gasteiger partial charge in [0.1, 0.15) is 5.01 Å². The van der Waals surface area contributed by atoms with E-state index in [0.717, 1.165) is 5.56 Å². The van der Waals surface area contributed by atoms with Gasteiger partial charge in [0.05, 0.1) is 20.8 Å². The summed E-state index contributed by atoms with van der Waals surface area (Å²) >= 11 is 1.23. The first kappa shape index (κ1) is 20.2. The predicted octanol–water partition coefficient (Wildman–Crippen LogP) is 2.26. The molecular weight excluding hydrogens is 376 g/mol. The number of hydrogen-bond donors (Lipinski definition) is 1. The topological polar surface area (TPSA) is 113 Å². The molecule has 9 nitrogen and oxygen atoms in total. The first-order chi connectivity index (χ1) is 13.0. The van der Waals surface area contributed by atoms with Gasteiger partial charge >= 0.3 is 12.1 Å². The fraction of sp³-hybridized carbons (Fsp3) is 0.294. The highest BCUT2D eigenvalue weighted by molar-refractivity contribution is 7.13. The summed E-state index contributed by atoms with van der Waals surface area (Å²) in [5.41, 5.74) is 0.783. The molecule has 1 aromatic carbocycles. The Morgan fingerprint density at radius 1 is 1.11 bits per heavy atom. The zero-order valence-electron chi connectivity index (χ0n) is 14.9. The van der Waals surface area contributed by atoms with Crippen LogP contribution in [0.5, 0.6) is 11.5 Å². The number of amides is 2. The van der Waals surface area contributed by atoms with Gasteiger partial charge < -0.3 is 18.9 Å². The minimum atomic E-state index is -0.900. The predicted molar refractivity (Wildman–Crippen MR) is 96.1 cm³/mol. The third-order valence-electron chi connectivity index (χ3n) is 3.20. The number of aromatic nitrogens is 1. The largest absolute Gasteiger partial charge is 0.493 e. The third-order valence-corrected chi connectivity index (χ3v) is 4.09. The number of thiazole rings is 1. The molecule has 1 N–H and O–H groups in total. The van der Waals surface area contributed by atoms with Crippen LogP contribution in [0.2, 0.25) is 0 Å². The molecule has 0 bridgehead atoms. The molecule has 0 radical (unpaired) electrons. The number of rotatable bonds is 7. The molecule has 1 heterocycles. The molecule has 0 aliphatic rings. The lowest BCUT2D eigenvalue weighted by molar-refractivity contribution is -0.123. The minimum absolute atomic E-state index is 0.0497. The molecule has 0 aliphatic heterocycles. The molecule has 10 heteroatoms. The first-order valence-corrected chi connectivity index (χ1v) is 8.68. The summed E-state index contributed by atoms with van der Waals surface area (Å²) in [6.45, 7) is 1.10. The van der Waals surface area contributed by atoms with E-state index >= 15 is 0 Å². The van der Waals surface area contributed by atoms with Crippen LogP contribution in [0.25, 0.3) is 10.6 Å². The lowest BCUT2D eigenvalue weighted by atomic mass is 10.2. The molecule has 0 atom stereocenters. The Morgan fingerprint density at radius 3 is 2.52 bits per heavy atom. The van der Waals surface area contributed by atoms with Crippen molar-refractivity contribution in [3.63, 3.8) is 0 Å². The Bertz CT molecular complexity index is 834. The Hall–Kier alpha value is -3.14. The van der Waals surface area contributed by atoms with Crippen molar-refractivity contribution in [3.8, 4) is 22.1 Å². The van der Waals surface area contributed by atoms with Crippen molar-refractivity contribution in [3.05, 3.63) is 29.3 Å². The van der Waals surface area contributed by atoms with E-state index in [1.54, 1.807) is 25.1 Å². The van der Waals surface area contributed by atoms with Gasteiger partial charge in [-0.3, -0.25) is 10.1 Å². The second kappa shape index (κ2) is 9.53. The van der Waals surface area contributed by atoms with Crippen molar-refractivity contribution in [1.29, 1.82) is 0 Å². The summed E-state index contributed by atoms with van der Waals surface area (Å²) in [7, 11) is 3.06. The molecule has 0 saturated heterocycles. The average Bonchev–Trinajstić information content (AvgIpc) is 3.16. The molecule has 0 aliphatic carbocycles. The molecule has 27 heavy (non-hydrogen) atoms. The highest BCUT2D eigenvalue weighted by atomic mass is 32.1. The number of ether oxygens (including phenoxy) is 4. The molecule has 2 rings (SSSR count). The smallest absolute Gasteiger partial charge is 0.413 e. The summed E-state index contributed by atoms with van der Waals surface area (Å²) in [5.74, 6) is -0.468. The SMILES string of the molecule is CCOC(=O)NC(=O)COC(=O)c1csc(-c2ccc(OC)c(OC)c2)n1. The molecule has 0 spiro atoms. The number of alkyl carbamates (subject to hydrolysis) is 1. The van der Waals surface area contributed by atoms with Crippen LogP contribution in [0.1, 0.15) is 17.4 Å². The third kappa shape index (κ3) is 5.42. The second-order valence-electron chi connectivity index (χ2n) is 4.95. The molecule has 2 amide bonds. The van der Waals surface area contributed by atoms with Crippen LogP contribution in [-0.2, 0) is 14.3 Å². The number of esters is 1. The van der Waals surface area contributed by atoms with E-state index in [9.17, 15) is 14.4 Å². The van der Waals surface area contributed by atoms with Crippen LogP contribution < -0.4 is 14.8 Å². The first-order valence-electron chi connectivity index (χ1n) is 7.80. The maximum Gasteiger partial charge on any atom is 0.413 e. The Balaban J connectivity index is 1.99. The Morgan fingerprint density at radius 2 is 1.85 bits per heavy atom. The number of nitrogens with zero attached hydrogens (tertiary/aromatic N) is 1. The van der Waals surface area contributed by atoms with Crippen LogP contribution in [0, 0.1) is 0 Å². The van der Waals surface area contributed by atoms with Crippen molar-refractivity contribution in [2.75, 3.05) is 27.4 Å². The van der Waals surface area contributed by atoms with Crippen LogP contribution in [0.15, 0.2) is 23.6 Å². The van der Waals surface area contributed by atoms with Crippen LogP contribution in [0.4, 0.5) is 4.79 Å². The molecule has 144 valence electrons. The average molecular weight is 394 g/mol. The highest BCUT2D eigenvalue weighted by Gasteiger charge is 2.17. The Labute approximate surface area is 159 Å². The van der Waals surface area contributed by atoms with E-state index in [1.165, 1.54) is 30.9 Å². The van der Waals surface area contributed by atoms with Crippen molar-refractivity contribution in [2.45, 2.75) is 6.92 Å². The summed E-state index contributed by atoms with van der Waals surface area (Å²) in [5, 5.41) is 4.00.